The van der Waals surface area contributed by atoms with Gasteiger partial charge in [0.15, 0.2) is 17.3 Å². The van der Waals surface area contributed by atoms with Crippen LogP contribution in [-0.4, -0.2) is 45.6 Å². The number of thioether (sulfide) groups is 1. The Kier molecular flexibility index (Phi) is 6.61. The van der Waals surface area contributed by atoms with Gasteiger partial charge in [-0.15, -0.1) is 0 Å². The molecule has 1 fully saturated rings. The minimum atomic E-state index is -0.518. The molecule has 1 saturated heterocycles. The van der Waals surface area contributed by atoms with E-state index in [1.165, 1.54) is 0 Å². The van der Waals surface area contributed by atoms with Gasteiger partial charge in [0, 0.05) is 39.5 Å². The fourth-order valence-corrected chi connectivity index (χ4v) is 5.61. The van der Waals surface area contributed by atoms with Crippen molar-refractivity contribution in [3.8, 4) is 11.5 Å². The number of ether oxygens (including phenoxy) is 2. The van der Waals surface area contributed by atoms with Gasteiger partial charge in [0.1, 0.15) is 6.54 Å². The van der Waals surface area contributed by atoms with Crippen LogP contribution < -0.4 is 14.8 Å². The van der Waals surface area contributed by atoms with E-state index in [9.17, 15) is 19.2 Å². The first-order chi connectivity index (χ1) is 19.4. The quantitative estimate of drug-likeness (QED) is 0.247. The summed E-state index contributed by atoms with van der Waals surface area (Å²) in [6.07, 6.45) is 1.67. The summed E-state index contributed by atoms with van der Waals surface area (Å²) >= 11 is 0.801. The predicted molar refractivity (Wildman–Crippen MR) is 151 cm³/mol. The van der Waals surface area contributed by atoms with Gasteiger partial charge in [-0.25, -0.2) is 0 Å². The summed E-state index contributed by atoms with van der Waals surface area (Å²) in [5, 5.41) is 3.23. The highest BCUT2D eigenvalue weighted by Crippen LogP contribution is 2.36. The Hall–Kier alpha value is -4.83. The summed E-state index contributed by atoms with van der Waals surface area (Å²) in [6.45, 7) is 1.71. The lowest BCUT2D eigenvalue weighted by molar-refractivity contribution is -0.122. The summed E-state index contributed by atoms with van der Waals surface area (Å²) in [4.78, 5) is 52.7. The van der Waals surface area contributed by atoms with E-state index in [4.69, 9.17) is 9.47 Å². The van der Waals surface area contributed by atoms with E-state index < -0.39 is 11.1 Å². The number of carbonyl (C=O) groups is 4. The van der Waals surface area contributed by atoms with Crippen molar-refractivity contribution in [1.82, 2.24) is 9.47 Å². The molecule has 3 amide bonds. The van der Waals surface area contributed by atoms with Crippen LogP contribution in [0.1, 0.15) is 21.6 Å². The van der Waals surface area contributed by atoms with Gasteiger partial charge in [-0.05, 0) is 43.0 Å². The number of anilines is 1. The zero-order valence-corrected chi connectivity index (χ0v) is 22.2. The topological polar surface area (TPSA) is 107 Å². The van der Waals surface area contributed by atoms with Gasteiger partial charge >= 0.3 is 0 Å². The second kappa shape index (κ2) is 10.4. The molecular formula is C30H23N3O6S. The molecule has 1 N–H and O–H groups in total. The van der Waals surface area contributed by atoms with E-state index in [0.717, 1.165) is 38.8 Å². The van der Waals surface area contributed by atoms with Gasteiger partial charge in [-0.2, -0.15) is 0 Å². The van der Waals surface area contributed by atoms with Crippen LogP contribution in [0.3, 0.4) is 0 Å². The van der Waals surface area contributed by atoms with Gasteiger partial charge in [0.05, 0.1) is 11.4 Å². The van der Waals surface area contributed by atoms with Crippen LogP contribution >= 0.6 is 11.8 Å². The van der Waals surface area contributed by atoms with Crippen LogP contribution in [0.5, 0.6) is 11.5 Å². The Morgan fingerprint density at radius 3 is 2.52 bits per heavy atom. The molecule has 6 rings (SSSR count). The number of aromatic nitrogens is 1. The van der Waals surface area contributed by atoms with E-state index in [-0.39, 0.29) is 36.5 Å². The van der Waals surface area contributed by atoms with Gasteiger partial charge in [0.2, 0.25) is 12.7 Å². The molecule has 3 heterocycles. The lowest BCUT2D eigenvalue weighted by atomic mass is 10.1. The minimum Gasteiger partial charge on any atom is -0.454 e. The Morgan fingerprint density at radius 2 is 1.70 bits per heavy atom. The molecule has 0 spiro atoms. The largest absolute Gasteiger partial charge is 0.454 e. The highest BCUT2D eigenvalue weighted by atomic mass is 32.2. The Morgan fingerprint density at radius 1 is 0.950 bits per heavy atom. The van der Waals surface area contributed by atoms with E-state index >= 15 is 0 Å². The average Bonchev–Trinajstić information content (AvgIpc) is 3.61. The minimum absolute atomic E-state index is 0.0294. The maximum atomic E-state index is 13.2. The van der Waals surface area contributed by atoms with E-state index in [0.29, 0.717) is 22.7 Å². The lowest BCUT2D eigenvalue weighted by Gasteiger charge is -2.11. The zero-order valence-electron chi connectivity index (χ0n) is 21.4. The number of imide groups is 1. The van der Waals surface area contributed by atoms with Crippen molar-refractivity contribution in [2.24, 2.45) is 0 Å². The average molecular weight is 554 g/mol. The first-order valence-corrected chi connectivity index (χ1v) is 13.3. The lowest BCUT2D eigenvalue weighted by Crippen LogP contribution is -2.33. The first-order valence-electron chi connectivity index (χ1n) is 12.5. The third-order valence-electron chi connectivity index (χ3n) is 6.78. The Labute approximate surface area is 233 Å². The molecule has 200 valence electrons. The number of hydrogen-bond donors (Lipinski definition) is 1. The number of hydrogen-bond acceptors (Lipinski definition) is 7. The van der Waals surface area contributed by atoms with Crippen molar-refractivity contribution in [3.63, 3.8) is 0 Å². The third-order valence-corrected chi connectivity index (χ3v) is 7.69. The summed E-state index contributed by atoms with van der Waals surface area (Å²) in [7, 11) is 0. The molecule has 0 saturated carbocycles. The van der Waals surface area contributed by atoms with Crippen molar-refractivity contribution in [2.75, 3.05) is 18.7 Å². The monoisotopic (exact) mass is 553 g/mol. The molecule has 0 radical (unpaired) electrons. The molecule has 3 aromatic carbocycles. The molecule has 0 aliphatic carbocycles. The predicted octanol–water partition coefficient (Wildman–Crippen LogP) is 5.24. The number of rotatable bonds is 7. The fourth-order valence-electron chi connectivity index (χ4n) is 4.79. The molecule has 0 atom stereocenters. The number of nitrogens with one attached hydrogen (secondary N) is 1. The SMILES string of the molecule is Cc1c(/C=C2\SC(=O)N(CC(=O)c3ccccc3)C2=O)c2ccccc2n1CC(=O)Nc1ccc2c(c1)OCO2. The molecule has 2 aliphatic rings. The molecular weight excluding hydrogens is 530 g/mol. The van der Waals surface area contributed by atoms with Crippen molar-refractivity contribution in [3.05, 3.63) is 94.5 Å². The maximum Gasteiger partial charge on any atom is 0.293 e. The van der Waals surface area contributed by atoms with Crippen LogP contribution in [0.15, 0.2) is 77.7 Å². The van der Waals surface area contributed by atoms with Crippen LogP contribution in [0.25, 0.3) is 17.0 Å². The molecule has 2 aliphatic heterocycles. The van der Waals surface area contributed by atoms with Crippen molar-refractivity contribution < 1.29 is 28.7 Å². The molecule has 9 nitrogen and oxygen atoms in total. The third kappa shape index (κ3) is 4.73. The zero-order chi connectivity index (χ0) is 27.8. The number of ketones is 1. The maximum absolute atomic E-state index is 13.2. The van der Waals surface area contributed by atoms with Crippen LogP contribution in [0, 0.1) is 6.92 Å². The van der Waals surface area contributed by atoms with Crippen molar-refractivity contribution in [2.45, 2.75) is 13.5 Å². The standard InChI is InChI=1S/C30H23N3O6S/c1-18-22(14-27-29(36)33(30(37)40-27)15-24(34)19-7-3-2-4-8-19)21-9-5-6-10-23(21)32(18)16-28(35)31-20-11-12-25-26(13-20)39-17-38-25/h2-14H,15-17H2,1H3,(H,31,35)/b27-14-. The molecule has 40 heavy (non-hydrogen) atoms. The molecule has 4 aromatic rings. The first kappa shape index (κ1) is 25.4. The molecule has 1 aromatic heterocycles. The Balaban J connectivity index is 1.25. The highest BCUT2D eigenvalue weighted by Gasteiger charge is 2.36. The van der Waals surface area contributed by atoms with Gasteiger partial charge < -0.3 is 19.4 Å². The Bertz CT molecular complexity index is 1730. The smallest absolute Gasteiger partial charge is 0.293 e. The summed E-state index contributed by atoms with van der Waals surface area (Å²) in [5.74, 6) is 0.126. The number of Topliss-reactive ketones (excluding diaryl/α,β-unsaturated/α-hetero) is 1. The van der Waals surface area contributed by atoms with Crippen molar-refractivity contribution in [1.29, 1.82) is 0 Å². The van der Waals surface area contributed by atoms with Crippen LogP contribution in [0.4, 0.5) is 10.5 Å². The molecule has 0 unspecified atom stereocenters. The summed E-state index contributed by atoms with van der Waals surface area (Å²) < 4.78 is 12.6. The van der Waals surface area contributed by atoms with Gasteiger partial charge in [0.25, 0.3) is 11.1 Å². The van der Waals surface area contributed by atoms with Gasteiger partial charge in [-0.1, -0.05) is 48.5 Å². The van der Waals surface area contributed by atoms with Crippen molar-refractivity contribution >= 4 is 57.3 Å². The second-order valence-corrected chi connectivity index (χ2v) is 10.3. The highest BCUT2D eigenvalue weighted by molar-refractivity contribution is 8.18. The molecule has 0 bridgehead atoms. The van der Waals surface area contributed by atoms with E-state index in [2.05, 4.69) is 5.32 Å². The fraction of sp³-hybridized carbons (Fsp3) is 0.133. The number of nitrogens with zero attached hydrogens (tertiary/aromatic N) is 2. The van der Waals surface area contributed by atoms with Gasteiger partial charge in [-0.3, -0.25) is 24.1 Å². The van der Waals surface area contributed by atoms with Crippen LogP contribution in [-0.2, 0) is 16.1 Å². The number of carbonyl (C=O) groups excluding carboxylic acids is 4. The normalized spacial score (nSPS) is 15.3. The van der Waals surface area contributed by atoms with Crippen LogP contribution in [0.2, 0.25) is 0 Å². The summed E-state index contributed by atoms with van der Waals surface area (Å²) in [6, 6.07) is 21.3. The molecule has 10 heteroatoms. The summed E-state index contributed by atoms with van der Waals surface area (Å²) in [5.41, 5.74) is 3.32. The number of benzene rings is 3. The number of fused-ring (bicyclic) bond motifs is 2. The van der Waals surface area contributed by atoms with E-state index in [1.54, 1.807) is 54.6 Å². The number of amides is 3. The van der Waals surface area contributed by atoms with E-state index in [1.807, 2.05) is 35.8 Å². The second-order valence-electron chi connectivity index (χ2n) is 9.28. The number of para-hydroxylation sites is 1.